The summed E-state index contributed by atoms with van der Waals surface area (Å²) in [5, 5.41) is 13.3. The molecular formula is C34H38N4. The number of para-hydroxylation sites is 1. The molecule has 1 aliphatic heterocycles. The summed E-state index contributed by atoms with van der Waals surface area (Å²) < 4.78 is 2.69. The maximum Gasteiger partial charge on any atom is 0.0947 e. The summed E-state index contributed by atoms with van der Waals surface area (Å²) in [7, 11) is 0. The highest BCUT2D eigenvalue weighted by molar-refractivity contribution is 5.86. The highest BCUT2D eigenvalue weighted by Gasteiger charge is 2.41. The van der Waals surface area contributed by atoms with Gasteiger partial charge in [0.1, 0.15) is 0 Å². The van der Waals surface area contributed by atoms with Crippen LogP contribution in [0.25, 0.3) is 10.9 Å². The van der Waals surface area contributed by atoms with Gasteiger partial charge in [0.05, 0.1) is 24.0 Å². The minimum atomic E-state index is -0.340. The molecule has 4 nitrogen and oxygen atoms in total. The molecule has 1 fully saturated rings. The summed E-state index contributed by atoms with van der Waals surface area (Å²) in [6.45, 7) is 2.29. The Bertz CT molecular complexity index is 1440. The lowest BCUT2D eigenvalue weighted by Gasteiger charge is -2.49. The van der Waals surface area contributed by atoms with Gasteiger partial charge >= 0.3 is 0 Å². The zero-order chi connectivity index (χ0) is 25.5. The van der Waals surface area contributed by atoms with E-state index in [1.54, 1.807) is 11.3 Å². The van der Waals surface area contributed by atoms with Gasteiger partial charge in [-0.2, -0.15) is 0 Å². The molecule has 3 aromatic carbocycles. The molecule has 194 valence electrons. The Hall–Kier alpha value is -3.18. The first-order chi connectivity index (χ1) is 18.7. The quantitative estimate of drug-likeness (QED) is 0.272. The average Bonchev–Trinajstić information content (AvgIpc) is 3.32. The molecule has 3 aliphatic rings. The number of aryl methyl sites for hydroxylation is 1. The van der Waals surface area contributed by atoms with Crippen molar-refractivity contribution < 1.29 is 0 Å². The van der Waals surface area contributed by atoms with Crippen LogP contribution in [0.4, 0.5) is 0 Å². The minimum Gasteiger partial charge on any atom is -0.337 e. The molecule has 0 bridgehead atoms. The third-order valence-electron chi connectivity index (χ3n) is 9.07. The van der Waals surface area contributed by atoms with Crippen molar-refractivity contribution in [3.63, 3.8) is 0 Å². The second-order valence-corrected chi connectivity index (χ2v) is 11.5. The zero-order valence-electron chi connectivity index (χ0n) is 22.2. The lowest BCUT2D eigenvalue weighted by Crippen LogP contribution is -2.69. The third-order valence-corrected chi connectivity index (χ3v) is 9.07. The van der Waals surface area contributed by atoms with Crippen molar-refractivity contribution >= 4 is 10.9 Å². The van der Waals surface area contributed by atoms with Gasteiger partial charge in [-0.1, -0.05) is 91.0 Å². The lowest BCUT2D eigenvalue weighted by atomic mass is 9.85. The standard InChI is InChI=1S/C34H38N4/c1-34(26-16-6-3-7-17-26)36-32(24-13-4-2-5-14-24)35-33(37-34)25-15-12-18-27(23-25)38-30-21-10-8-19-28(30)29-20-9-11-22-31(29)38/h2-8,10,12-14,16-19,21,25,27,32-33,35-37H,9,11,15,20,22-23H2,1H3. The van der Waals surface area contributed by atoms with E-state index in [1.165, 1.54) is 47.7 Å². The number of nitrogens with one attached hydrogen (secondary N) is 3. The molecule has 0 spiro atoms. The van der Waals surface area contributed by atoms with E-state index >= 15 is 0 Å². The molecule has 5 atom stereocenters. The van der Waals surface area contributed by atoms with E-state index in [-0.39, 0.29) is 18.0 Å². The fourth-order valence-corrected chi connectivity index (χ4v) is 7.19. The van der Waals surface area contributed by atoms with Crippen molar-refractivity contribution in [2.75, 3.05) is 0 Å². The molecule has 4 heteroatoms. The van der Waals surface area contributed by atoms with Crippen molar-refractivity contribution in [2.45, 2.75) is 69.5 Å². The van der Waals surface area contributed by atoms with Crippen LogP contribution >= 0.6 is 0 Å². The van der Waals surface area contributed by atoms with Crippen LogP contribution in [0.2, 0.25) is 0 Å². The highest BCUT2D eigenvalue weighted by Crippen LogP contribution is 2.40. The number of nitrogens with zero attached hydrogens (tertiary/aromatic N) is 1. The van der Waals surface area contributed by atoms with Gasteiger partial charge in [0.15, 0.2) is 0 Å². The van der Waals surface area contributed by atoms with Crippen LogP contribution < -0.4 is 16.0 Å². The van der Waals surface area contributed by atoms with Crippen molar-refractivity contribution in [3.05, 3.63) is 119 Å². The van der Waals surface area contributed by atoms with Crippen LogP contribution in [-0.2, 0) is 18.5 Å². The van der Waals surface area contributed by atoms with Crippen LogP contribution in [-0.4, -0.2) is 10.7 Å². The summed E-state index contributed by atoms with van der Waals surface area (Å²) in [6, 6.07) is 31.1. The Balaban J connectivity index is 1.23. The van der Waals surface area contributed by atoms with Gasteiger partial charge in [-0.05, 0) is 74.1 Å². The first-order valence-corrected chi connectivity index (χ1v) is 14.4. The number of allylic oxidation sites excluding steroid dienone is 2. The first kappa shape index (κ1) is 23.9. The molecule has 0 saturated carbocycles. The first-order valence-electron chi connectivity index (χ1n) is 14.4. The topological polar surface area (TPSA) is 41.0 Å². The van der Waals surface area contributed by atoms with Crippen LogP contribution in [0.5, 0.6) is 0 Å². The van der Waals surface area contributed by atoms with E-state index in [4.69, 9.17) is 0 Å². The normalized spacial score (nSPS) is 29.3. The number of hydrogen-bond donors (Lipinski definition) is 3. The number of aromatic nitrogens is 1. The van der Waals surface area contributed by atoms with Gasteiger partial charge in [0.2, 0.25) is 0 Å². The smallest absolute Gasteiger partial charge is 0.0947 e. The van der Waals surface area contributed by atoms with Gasteiger partial charge in [-0.15, -0.1) is 0 Å². The Morgan fingerprint density at radius 1 is 0.816 bits per heavy atom. The molecule has 4 aromatic rings. The monoisotopic (exact) mass is 502 g/mol. The molecule has 1 aromatic heterocycles. The number of rotatable bonds is 4. The van der Waals surface area contributed by atoms with E-state index < -0.39 is 0 Å². The summed E-state index contributed by atoms with van der Waals surface area (Å²) in [6.07, 6.45) is 12.4. The molecule has 5 unspecified atom stereocenters. The molecule has 0 radical (unpaired) electrons. The van der Waals surface area contributed by atoms with Crippen LogP contribution in [0.3, 0.4) is 0 Å². The molecule has 0 amide bonds. The second kappa shape index (κ2) is 9.85. The maximum absolute atomic E-state index is 4.02. The third kappa shape index (κ3) is 4.21. The van der Waals surface area contributed by atoms with E-state index in [2.05, 4.69) is 125 Å². The molecule has 1 saturated heterocycles. The van der Waals surface area contributed by atoms with Crippen LogP contribution in [0.1, 0.15) is 67.2 Å². The fourth-order valence-electron chi connectivity index (χ4n) is 7.19. The SMILES string of the molecule is CC1(c2ccccc2)NC(c2ccccc2)NC(C2CC=CC(n3c4c(c5ccccc53)CCCC4)C2)N1. The number of benzene rings is 3. The molecule has 2 aliphatic carbocycles. The van der Waals surface area contributed by atoms with Crippen molar-refractivity contribution in [2.24, 2.45) is 5.92 Å². The van der Waals surface area contributed by atoms with E-state index in [9.17, 15) is 0 Å². The second-order valence-electron chi connectivity index (χ2n) is 11.5. The fraction of sp³-hybridized carbons (Fsp3) is 0.353. The van der Waals surface area contributed by atoms with Crippen molar-refractivity contribution in [1.29, 1.82) is 0 Å². The lowest BCUT2D eigenvalue weighted by molar-refractivity contribution is 0.0825. The van der Waals surface area contributed by atoms with Gasteiger partial charge in [-0.25, -0.2) is 0 Å². The van der Waals surface area contributed by atoms with Gasteiger partial charge in [0, 0.05) is 16.6 Å². The number of fused-ring (bicyclic) bond motifs is 3. The molecule has 38 heavy (non-hydrogen) atoms. The molecular weight excluding hydrogens is 464 g/mol. The van der Waals surface area contributed by atoms with Crippen molar-refractivity contribution in [3.8, 4) is 0 Å². The Labute approximate surface area is 226 Å². The van der Waals surface area contributed by atoms with Gasteiger partial charge in [0.25, 0.3) is 0 Å². The molecule has 3 N–H and O–H groups in total. The molecule has 7 rings (SSSR count). The summed E-state index contributed by atoms with van der Waals surface area (Å²) in [4.78, 5) is 0. The van der Waals surface area contributed by atoms with E-state index in [1.807, 2.05) is 0 Å². The van der Waals surface area contributed by atoms with Crippen LogP contribution in [0, 0.1) is 5.92 Å². The Morgan fingerprint density at radius 2 is 1.55 bits per heavy atom. The summed E-state index contributed by atoms with van der Waals surface area (Å²) in [5.74, 6) is 0.474. The predicted molar refractivity (Wildman–Crippen MR) is 156 cm³/mol. The summed E-state index contributed by atoms with van der Waals surface area (Å²) in [5.41, 5.74) is 6.79. The van der Waals surface area contributed by atoms with Crippen molar-refractivity contribution in [1.82, 2.24) is 20.5 Å². The maximum atomic E-state index is 4.02. The Kier molecular flexibility index (Phi) is 6.19. The average molecular weight is 503 g/mol. The van der Waals surface area contributed by atoms with Crippen LogP contribution in [0.15, 0.2) is 97.1 Å². The van der Waals surface area contributed by atoms with Gasteiger partial charge < -0.3 is 4.57 Å². The summed E-state index contributed by atoms with van der Waals surface area (Å²) >= 11 is 0. The zero-order valence-corrected chi connectivity index (χ0v) is 22.2. The molecule has 2 heterocycles. The Morgan fingerprint density at radius 3 is 2.39 bits per heavy atom. The van der Waals surface area contributed by atoms with Gasteiger partial charge in [-0.3, -0.25) is 16.0 Å². The number of hydrogen-bond acceptors (Lipinski definition) is 3. The minimum absolute atomic E-state index is 0.0668. The predicted octanol–water partition coefficient (Wildman–Crippen LogP) is 6.71. The van der Waals surface area contributed by atoms with E-state index in [0.717, 1.165) is 12.8 Å². The van der Waals surface area contributed by atoms with E-state index in [0.29, 0.717) is 12.0 Å². The highest BCUT2D eigenvalue weighted by atomic mass is 15.4. The largest absolute Gasteiger partial charge is 0.337 e.